The van der Waals surface area contributed by atoms with Gasteiger partial charge >= 0.3 is 0 Å². The van der Waals surface area contributed by atoms with Crippen LogP contribution in [0, 0.1) is 0 Å². The van der Waals surface area contributed by atoms with E-state index in [0.29, 0.717) is 24.3 Å². The number of thiophene rings is 1. The summed E-state index contributed by atoms with van der Waals surface area (Å²) in [7, 11) is 0. The Bertz CT molecular complexity index is 759. The van der Waals surface area contributed by atoms with Crippen LogP contribution in [-0.4, -0.2) is 38.5 Å². The van der Waals surface area contributed by atoms with Crippen LogP contribution in [0.4, 0.5) is 0 Å². The lowest BCUT2D eigenvalue weighted by atomic mass is 10.2. The molecule has 0 radical (unpaired) electrons. The lowest BCUT2D eigenvalue weighted by molar-refractivity contribution is 0.0774. The molecule has 0 aliphatic rings. The van der Waals surface area contributed by atoms with Gasteiger partial charge in [0.1, 0.15) is 5.56 Å². The van der Waals surface area contributed by atoms with Crippen LogP contribution in [0.3, 0.4) is 0 Å². The molecule has 0 saturated heterocycles. The van der Waals surface area contributed by atoms with Gasteiger partial charge in [-0.1, -0.05) is 6.07 Å². The molecule has 1 amide bonds. The summed E-state index contributed by atoms with van der Waals surface area (Å²) in [5.74, 6) is -0.0224. The van der Waals surface area contributed by atoms with E-state index in [4.69, 9.17) is 0 Å². The van der Waals surface area contributed by atoms with E-state index in [-0.39, 0.29) is 5.91 Å². The van der Waals surface area contributed by atoms with Crippen molar-refractivity contribution in [3.63, 3.8) is 0 Å². The van der Waals surface area contributed by atoms with Crippen LogP contribution in [-0.2, 0) is 0 Å². The van der Waals surface area contributed by atoms with Gasteiger partial charge in [-0.3, -0.25) is 4.79 Å². The summed E-state index contributed by atoms with van der Waals surface area (Å²) < 4.78 is 1.74. The Morgan fingerprint density at radius 2 is 2.14 bits per heavy atom. The van der Waals surface area contributed by atoms with Crippen molar-refractivity contribution >= 4 is 22.9 Å². The standard InChI is InChI=1S/C15H16N4OS/c1-3-18(4-2)15(20)11-10-17-19-12(7-8-16-14(11)19)13-6-5-9-21-13/h5-10H,3-4H2,1-2H3. The maximum atomic E-state index is 12.5. The fourth-order valence-corrected chi connectivity index (χ4v) is 3.07. The number of carbonyl (C=O) groups excluding carboxylic acids is 1. The predicted octanol–water partition coefficient (Wildman–Crippen LogP) is 2.94. The Morgan fingerprint density at radius 1 is 1.33 bits per heavy atom. The molecule has 0 bridgehead atoms. The summed E-state index contributed by atoms with van der Waals surface area (Å²) in [4.78, 5) is 19.7. The Labute approximate surface area is 126 Å². The van der Waals surface area contributed by atoms with Crippen LogP contribution in [0.15, 0.2) is 36.0 Å². The molecule has 0 N–H and O–H groups in total. The van der Waals surface area contributed by atoms with E-state index in [1.165, 1.54) is 0 Å². The molecule has 3 rings (SSSR count). The molecule has 0 aromatic carbocycles. The first-order valence-electron chi connectivity index (χ1n) is 6.92. The average molecular weight is 300 g/mol. The minimum atomic E-state index is -0.0224. The molecule has 0 spiro atoms. The number of fused-ring (bicyclic) bond motifs is 1. The summed E-state index contributed by atoms with van der Waals surface area (Å²) in [5.41, 5.74) is 2.11. The van der Waals surface area contributed by atoms with Gasteiger partial charge in [0, 0.05) is 19.3 Å². The van der Waals surface area contributed by atoms with Crippen molar-refractivity contribution in [2.24, 2.45) is 0 Å². The third kappa shape index (κ3) is 2.31. The number of hydrogen-bond acceptors (Lipinski definition) is 4. The van der Waals surface area contributed by atoms with E-state index in [2.05, 4.69) is 10.1 Å². The summed E-state index contributed by atoms with van der Waals surface area (Å²) >= 11 is 1.64. The molecular weight excluding hydrogens is 284 g/mol. The van der Waals surface area contributed by atoms with Gasteiger partial charge in [-0.25, -0.2) is 9.50 Å². The molecule has 5 nitrogen and oxygen atoms in total. The van der Waals surface area contributed by atoms with Gasteiger partial charge in [0.05, 0.1) is 16.8 Å². The molecule has 0 saturated carbocycles. The highest BCUT2D eigenvalue weighted by atomic mass is 32.1. The van der Waals surface area contributed by atoms with E-state index in [1.807, 2.05) is 37.4 Å². The van der Waals surface area contributed by atoms with Gasteiger partial charge in [-0.15, -0.1) is 11.3 Å². The highest BCUT2D eigenvalue weighted by Crippen LogP contribution is 2.25. The van der Waals surface area contributed by atoms with Crippen LogP contribution < -0.4 is 0 Å². The largest absolute Gasteiger partial charge is 0.339 e. The van der Waals surface area contributed by atoms with Crippen molar-refractivity contribution in [1.82, 2.24) is 19.5 Å². The fourth-order valence-electron chi connectivity index (χ4n) is 2.33. The summed E-state index contributed by atoms with van der Waals surface area (Å²) in [5, 5.41) is 6.38. The van der Waals surface area contributed by atoms with Gasteiger partial charge in [0.2, 0.25) is 0 Å². The maximum absolute atomic E-state index is 12.5. The molecule has 0 aliphatic heterocycles. The lowest BCUT2D eigenvalue weighted by Gasteiger charge is -2.17. The quantitative estimate of drug-likeness (QED) is 0.744. The van der Waals surface area contributed by atoms with E-state index in [1.54, 1.807) is 33.1 Å². The number of carbonyl (C=O) groups is 1. The Balaban J connectivity index is 2.12. The average Bonchev–Trinajstić information content (AvgIpc) is 3.17. The van der Waals surface area contributed by atoms with Crippen LogP contribution >= 0.6 is 11.3 Å². The van der Waals surface area contributed by atoms with Crippen molar-refractivity contribution in [2.75, 3.05) is 13.1 Å². The minimum Gasteiger partial charge on any atom is -0.339 e. The molecule has 3 heterocycles. The molecule has 6 heteroatoms. The second-order valence-corrected chi connectivity index (χ2v) is 5.53. The summed E-state index contributed by atoms with van der Waals surface area (Å²) in [6.07, 6.45) is 3.34. The summed E-state index contributed by atoms with van der Waals surface area (Å²) in [6, 6.07) is 5.95. The predicted molar refractivity (Wildman–Crippen MR) is 83.6 cm³/mol. The number of rotatable bonds is 4. The highest BCUT2D eigenvalue weighted by molar-refractivity contribution is 7.13. The van der Waals surface area contributed by atoms with Crippen LogP contribution in [0.1, 0.15) is 24.2 Å². The summed E-state index contributed by atoms with van der Waals surface area (Å²) in [6.45, 7) is 5.30. The highest BCUT2D eigenvalue weighted by Gasteiger charge is 2.19. The van der Waals surface area contributed by atoms with Crippen LogP contribution in [0.5, 0.6) is 0 Å². The molecule has 3 aromatic heterocycles. The monoisotopic (exact) mass is 300 g/mol. The Morgan fingerprint density at radius 3 is 2.81 bits per heavy atom. The van der Waals surface area contributed by atoms with Crippen LogP contribution in [0.2, 0.25) is 0 Å². The second kappa shape index (κ2) is 5.65. The number of aromatic nitrogens is 3. The number of amides is 1. The van der Waals surface area contributed by atoms with E-state index < -0.39 is 0 Å². The SMILES string of the molecule is CCN(CC)C(=O)c1cnn2c(-c3cccs3)ccnc12. The zero-order valence-electron chi connectivity index (χ0n) is 12.0. The van der Waals surface area contributed by atoms with Gasteiger partial charge < -0.3 is 4.90 Å². The van der Waals surface area contributed by atoms with Crippen molar-refractivity contribution in [3.05, 3.63) is 41.5 Å². The molecule has 108 valence electrons. The number of nitrogens with zero attached hydrogens (tertiary/aromatic N) is 4. The molecule has 3 aromatic rings. The van der Waals surface area contributed by atoms with Gasteiger partial charge in [0.25, 0.3) is 5.91 Å². The third-order valence-electron chi connectivity index (χ3n) is 3.46. The van der Waals surface area contributed by atoms with Crippen molar-refractivity contribution < 1.29 is 4.79 Å². The fraction of sp³-hybridized carbons (Fsp3) is 0.267. The lowest BCUT2D eigenvalue weighted by Crippen LogP contribution is -2.30. The topological polar surface area (TPSA) is 50.5 Å². The zero-order chi connectivity index (χ0) is 14.8. The van der Waals surface area contributed by atoms with Gasteiger partial charge in [-0.05, 0) is 31.4 Å². The zero-order valence-corrected chi connectivity index (χ0v) is 12.8. The minimum absolute atomic E-state index is 0.0224. The van der Waals surface area contributed by atoms with E-state index >= 15 is 0 Å². The smallest absolute Gasteiger partial charge is 0.259 e. The Hall–Kier alpha value is -2.21. The van der Waals surface area contributed by atoms with Crippen molar-refractivity contribution in [1.29, 1.82) is 0 Å². The normalized spacial score (nSPS) is 11.0. The first kappa shape index (κ1) is 13.8. The molecule has 0 fully saturated rings. The Kier molecular flexibility index (Phi) is 3.70. The van der Waals surface area contributed by atoms with Gasteiger partial charge in [0.15, 0.2) is 5.65 Å². The molecule has 0 unspecified atom stereocenters. The molecule has 21 heavy (non-hydrogen) atoms. The van der Waals surface area contributed by atoms with Crippen molar-refractivity contribution in [2.45, 2.75) is 13.8 Å². The second-order valence-electron chi connectivity index (χ2n) is 4.58. The number of hydrogen-bond donors (Lipinski definition) is 0. The first-order chi connectivity index (χ1) is 10.3. The molecule has 0 atom stereocenters. The third-order valence-corrected chi connectivity index (χ3v) is 4.35. The van der Waals surface area contributed by atoms with E-state index in [0.717, 1.165) is 10.6 Å². The molecule has 0 aliphatic carbocycles. The van der Waals surface area contributed by atoms with E-state index in [9.17, 15) is 4.79 Å². The molecular formula is C15H16N4OS. The van der Waals surface area contributed by atoms with Gasteiger partial charge in [-0.2, -0.15) is 5.10 Å². The maximum Gasteiger partial charge on any atom is 0.259 e. The van der Waals surface area contributed by atoms with Crippen LogP contribution in [0.25, 0.3) is 16.2 Å². The van der Waals surface area contributed by atoms with Crippen molar-refractivity contribution in [3.8, 4) is 10.6 Å². The first-order valence-corrected chi connectivity index (χ1v) is 7.80.